The van der Waals surface area contributed by atoms with Crippen molar-refractivity contribution in [1.82, 2.24) is 4.57 Å². The van der Waals surface area contributed by atoms with Crippen LogP contribution >= 0.6 is 11.3 Å². The molecular formula is C35H36N2O6S. The topological polar surface area (TPSA) is 88.4 Å². The Morgan fingerprint density at radius 3 is 2.52 bits per heavy atom. The number of benzene rings is 3. The molecule has 1 aromatic heterocycles. The van der Waals surface area contributed by atoms with Gasteiger partial charge in [-0.25, -0.2) is 9.79 Å². The van der Waals surface area contributed by atoms with Crippen molar-refractivity contribution in [2.45, 2.75) is 39.8 Å². The molecule has 228 valence electrons. The van der Waals surface area contributed by atoms with E-state index in [1.165, 1.54) is 16.9 Å². The zero-order chi connectivity index (χ0) is 31.1. The third kappa shape index (κ3) is 7.01. The minimum atomic E-state index is -0.770. The van der Waals surface area contributed by atoms with Crippen molar-refractivity contribution in [3.63, 3.8) is 0 Å². The van der Waals surface area contributed by atoms with Crippen LogP contribution in [-0.4, -0.2) is 37.5 Å². The second-order valence-corrected chi connectivity index (χ2v) is 11.5. The SMILES string of the molecule is CCCOc1ccccc1[C@@H]1C(C(=O)OCCOC)=C(C)N=c2s/c(=C/c3ccc(OCc4cccc(C)c4)cc3)c(=O)n21. The van der Waals surface area contributed by atoms with Crippen LogP contribution in [0, 0.1) is 6.92 Å². The number of methoxy groups -OCH3 is 1. The lowest BCUT2D eigenvalue weighted by molar-refractivity contribution is -0.140. The van der Waals surface area contributed by atoms with Crippen LogP contribution in [0.15, 0.2) is 93.9 Å². The molecule has 4 aromatic rings. The Bertz CT molecular complexity index is 1840. The van der Waals surface area contributed by atoms with E-state index >= 15 is 0 Å². The maximum absolute atomic E-state index is 14.0. The molecule has 0 saturated carbocycles. The molecule has 5 rings (SSSR count). The van der Waals surface area contributed by atoms with Gasteiger partial charge in [0.2, 0.25) is 0 Å². The maximum Gasteiger partial charge on any atom is 0.338 e. The molecule has 0 fully saturated rings. The number of fused-ring (bicyclic) bond motifs is 1. The van der Waals surface area contributed by atoms with Gasteiger partial charge >= 0.3 is 5.97 Å². The molecule has 0 saturated heterocycles. The largest absolute Gasteiger partial charge is 0.493 e. The Balaban J connectivity index is 1.51. The normalized spacial score (nSPS) is 14.6. The summed E-state index contributed by atoms with van der Waals surface area (Å²) in [5.74, 6) is 0.794. The summed E-state index contributed by atoms with van der Waals surface area (Å²) in [6.07, 6.45) is 2.65. The van der Waals surface area contributed by atoms with Gasteiger partial charge < -0.3 is 18.9 Å². The third-order valence-electron chi connectivity index (χ3n) is 7.10. The van der Waals surface area contributed by atoms with E-state index in [2.05, 4.69) is 24.0 Å². The van der Waals surface area contributed by atoms with Crippen LogP contribution in [0.25, 0.3) is 6.08 Å². The van der Waals surface area contributed by atoms with Crippen molar-refractivity contribution < 1.29 is 23.7 Å². The van der Waals surface area contributed by atoms with Crippen molar-refractivity contribution in [2.24, 2.45) is 4.99 Å². The lowest BCUT2D eigenvalue weighted by atomic mass is 9.95. The number of carbonyl (C=O) groups excluding carboxylic acids is 1. The highest BCUT2D eigenvalue weighted by molar-refractivity contribution is 7.07. The van der Waals surface area contributed by atoms with Crippen molar-refractivity contribution in [2.75, 3.05) is 26.9 Å². The van der Waals surface area contributed by atoms with E-state index in [1.807, 2.05) is 73.7 Å². The van der Waals surface area contributed by atoms with Crippen molar-refractivity contribution in [3.8, 4) is 11.5 Å². The van der Waals surface area contributed by atoms with Gasteiger partial charge in [0.1, 0.15) is 30.8 Å². The summed E-state index contributed by atoms with van der Waals surface area (Å²) in [6.45, 7) is 7.16. The van der Waals surface area contributed by atoms with E-state index in [-0.39, 0.29) is 18.8 Å². The van der Waals surface area contributed by atoms with Crippen LogP contribution in [0.4, 0.5) is 0 Å². The monoisotopic (exact) mass is 612 g/mol. The summed E-state index contributed by atoms with van der Waals surface area (Å²) < 4.78 is 24.7. The lowest BCUT2D eigenvalue weighted by Gasteiger charge is -2.26. The van der Waals surface area contributed by atoms with Crippen molar-refractivity contribution in [3.05, 3.63) is 126 Å². The van der Waals surface area contributed by atoms with Gasteiger partial charge in [-0.3, -0.25) is 9.36 Å². The number of ether oxygens (including phenoxy) is 4. The molecule has 3 aromatic carbocycles. The first-order valence-electron chi connectivity index (χ1n) is 14.6. The summed E-state index contributed by atoms with van der Waals surface area (Å²) in [4.78, 5) is 32.7. The van der Waals surface area contributed by atoms with E-state index in [0.29, 0.717) is 45.1 Å². The fourth-order valence-corrected chi connectivity index (χ4v) is 6.05. The molecule has 0 aliphatic carbocycles. The van der Waals surface area contributed by atoms with E-state index in [4.69, 9.17) is 18.9 Å². The summed E-state index contributed by atoms with van der Waals surface area (Å²) in [5.41, 5.74) is 4.36. The minimum absolute atomic E-state index is 0.0853. The number of aromatic nitrogens is 1. The Morgan fingerprint density at radius 1 is 0.977 bits per heavy atom. The Kier molecular flexibility index (Phi) is 10.1. The van der Waals surface area contributed by atoms with Gasteiger partial charge in [0.25, 0.3) is 5.56 Å². The molecule has 0 spiro atoms. The highest BCUT2D eigenvalue weighted by Gasteiger charge is 2.35. The first kappa shape index (κ1) is 31.0. The number of hydrogen-bond donors (Lipinski definition) is 0. The number of hydrogen-bond acceptors (Lipinski definition) is 8. The van der Waals surface area contributed by atoms with Crippen LogP contribution in [0.3, 0.4) is 0 Å². The molecule has 0 amide bonds. The van der Waals surface area contributed by atoms with Gasteiger partial charge in [-0.2, -0.15) is 0 Å². The maximum atomic E-state index is 14.0. The average Bonchev–Trinajstić information content (AvgIpc) is 3.33. The molecule has 0 N–H and O–H groups in total. The lowest BCUT2D eigenvalue weighted by Crippen LogP contribution is -2.40. The van der Waals surface area contributed by atoms with Crippen LogP contribution in [0.2, 0.25) is 0 Å². The number of allylic oxidation sites excluding steroid dienone is 1. The summed E-state index contributed by atoms with van der Waals surface area (Å²) in [6, 6.07) is 22.5. The number of rotatable bonds is 12. The predicted molar refractivity (Wildman–Crippen MR) is 171 cm³/mol. The van der Waals surface area contributed by atoms with Gasteiger partial charge in [-0.05, 0) is 55.7 Å². The van der Waals surface area contributed by atoms with E-state index in [0.717, 1.165) is 23.3 Å². The Morgan fingerprint density at radius 2 is 1.77 bits per heavy atom. The number of carbonyl (C=O) groups is 1. The summed E-state index contributed by atoms with van der Waals surface area (Å²) in [7, 11) is 1.54. The molecule has 1 aliphatic heterocycles. The van der Waals surface area contributed by atoms with Gasteiger partial charge in [0.05, 0.1) is 29.0 Å². The zero-order valence-electron chi connectivity index (χ0n) is 25.4. The Labute approximate surface area is 260 Å². The molecule has 2 heterocycles. The number of aryl methyl sites for hydroxylation is 1. The van der Waals surface area contributed by atoms with E-state index < -0.39 is 12.0 Å². The molecule has 0 bridgehead atoms. The number of thiazole rings is 1. The van der Waals surface area contributed by atoms with Gasteiger partial charge in [-0.15, -0.1) is 0 Å². The van der Waals surface area contributed by atoms with Crippen LogP contribution in [0.1, 0.15) is 48.6 Å². The number of nitrogens with zero attached hydrogens (tertiary/aromatic N) is 2. The standard InChI is InChI=1S/C35H36N2O6S/c1-5-17-41-29-12-7-6-11-28(29)32-31(34(39)42-19-18-40-4)24(3)36-35-37(32)33(38)30(44-35)21-25-13-15-27(16-14-25)43-22-26-10-8-9-23(2)20-26/h6-16,20-21,32H,5,17-19,22H2,1-4H3/b30-21+/t32-/m1/s1. The zero-order valence-corrected chi connectivity index (χ0v) is 26.2. The molecule has 44 heavy (non-hydrogen) atoms. The first-order chi connectivity index (χ1) is 21.4. The predicted octanol–water partition coefficient (Wildman–Crippen LogP) is 5.10. The van der Waals surface area contributed by atoms with Crippen LogP contribution < -0.4 is 24.4 Å². The minimum Gasteiger partial charge on any atom is -0.493 e. The molecule has 9 heteroatoms. The van der Waals surface area contributed by atoms with Gasteiger partial charge in [-0.1, -0.05) is 78.4 Å². The Hall–Kier alpha value is -4.47. The molecule has 0 radical (unpaired) electrons. The van der Waals surface area contributed by atoms with Crippen LogP contribution in [0.5, 0.6) is 11.5 Å². The van der Waals surface area contributed by atoms with Crippen LogP contribution in [-0.2, 0) is 20.9 Å². The molecule has 8 nitrogen and oxygen atoms in total. The third-order valence-corrected chi connectivity index (χ3v) is 8.09. The average molecular weight is 613 g/mol. The first-order valence-corrected chi connectivity index (χ1v) is 15.4. The molecule has 1 atom stereocenters. The van der Waals surface area contributed by atoms with Gasteiger partial charge in [0.15, 0.2) is 4.80 Å². The van der Waals surface area contributed by atoms with E-state index in [1.54, 1.807) is 18.6 Å². The number of para-hydroxylation sites is 1. The highest BCUT2D eigenvalue weighted by atomic mass is 32.1. The van der Waals surface area contributed by atoms with Crippen molar-refractivity contribution in [1.29, 1.82) is 0 Å². The molecule has 1 aliphatic rings. The summed E-state index contributed by atoms with van der Waals surface area (Å²) in [5, 5.41) is 0. The molecule has 0 unspecified atom stereocenters. The highest BCUT2D eigenvalue weighted by Crippen LogP contribution is 2.36. The van der Waals surface area contributed by atoms with E-state index in [9.17, 15) is 9.59 Å². The van der Waals surface area contributed by atoms with Gasteiger partial charge in [0, 0.05) is 12.7 Å². The second-order valence-electron chi connectivity index (χ2n) is 10.4. The quantitative estimate of drug-likeness (QED) is 0.163. The van der Waals surface area contributed by atoms with Crippen molar-refractivity contribution >= 4 is 23.4 Å². The molecular weight excluding hydrogens is 576 g/mol. The smallest absolute Gasteiger partial charge is 0.338 e. The summed E-state index contributed by atoms with van der Waals surface area (Å²) >= 11 is 1.28. The number of esters is 1. The second kappa shape index (κ2) is 14.3. The fourth-order valence-electron chi connectivity index (χ4n) is 5.00. The fraction of sp³-hybridized carbons (Fsp3) is 0.286.